The molecule has 21 heavy (non-hydrogen) atoms. The SMILES string of the molecule is NC1(C(c2ccccc2)c2ccccc2)C2CCCCC21. The van der Waals surface area contributed by atoms with Crippen molar-refractivity contribution in [2.75, 3.05) is 0 Å². The van der Waals surface area contributed by atoms with Gasteiger partial charge in [0.05, 0.1) is 0 Å². The predicted octanol–water partition coefficient (Wildman–Crippen LogP) is 4.34. The van der Waals surface area contributed by atoms with Crippen LogP contribution in [0.5, 0.6) is 0 Å². The molecular formula is C20H23N. The molecule has 1 heteroatoms. The number of benzene rings is 2. The maximum absolute atomic E-state index is 7.00. The average Bonchev–Trinajstić information content (AvgIpc) is 3.16. The number of rotatable bonds is 3. The third-order valence-corrected chi connectivity index (χ3v) is 5.71. The van der Waals surface area contributed by atoms with Crippen molar-refractivity contribution < 1.29 is 0 Å². The second-order valence-corrected chi connectivity index (χ2v) is 6.75. The monoisotopic (exact) mass is 277 g/mol. The van der Waals surface area contributed by atoms with Gasteiger partial charge in [0.2, 0.25) is 0 Å². The topological polar surface area (TPSA) is 26.0 Å². The lowest BCUT2D eigenvalue weighted by Gasteiger charge is -2.27. The van der Waals surface area contributed by atoms with Crippen LogP contribution in [0.3, 0.4) is 0 Å². The highest BCUT2D eigenvalue weighted by molar-refractivity contribution is 5.42. The van der Waals surface area contributed by atoms with E-state index in [1.165, 1.54) is 36.8 Å². The van der Waals surface area contributed by atoms with E-state index in [1.54, 1.807) is 0 Å². The van der Waals surface area contributed by atoms with E-state index in [4.69, 9.17) is 5.73 Å². The summed E-state index contributed by atoms with van der Waals surface area (Å²) in [5, 5.41) is 0. The van der Waals surface area contributed by atoms with Gasteiger partial charge in [-0.1, -0.05) is 73.5 Å². The van der Waals surface area contributed by atoms with Crippen LogP contribution >= 0.6 is 0 Å². The van der Waals surface area contributed by atoms with Gasteiger partial charge in [0.1, 0.15) is 0 Å². The Morgan fingerprint density at radius 1 is 0.762 bits per heavy atom. The van der Waals surface area contributed by atoms with Crippen LogP contribution in [0, 0.1) is 11.8 Å². The Morgan fingerprint density at radius 3 is 1.62 bits per heavy atom. The second-order valence-electron chi connectivity index (χ2n) is 6.75. The largest absolute Gasteiger partial charge is 0.324 e. The van der Waals surface area contributed by atoms with E-state index in [0.717, 1.165) is 11.8 Å². The van der Waals surface area contributed by atoms with Crippen molar-refractivity contribution in [1.82, 2.24) is 0 Å². The number of hydrogen-bond donors (Lipinski definition) is 1. The Bertz CT molecular complexity index is 553. The highest BCUT2D eigenvalue weighted by Crippen LogP contribution is 2.64. The zero-order chi connectivity index (χ0) is 14.3. The molecule has 4 rings (SSSR count). The third-order valence-electron chi connectivity index (χ3n) is 5.71. The smallest absolute Gasteiger partial charge is 0.0328 e. The molecule has 2 unspecified atom stereocenters. The molecule has 1 nitrogen and oxygen atoms in total. The first kappa shape index (κ1) is 13.1. The van der Waals surface area contributed by atoms with E-state index >= 15 is 0 Å². The van der Waals surface area contributed by atoms with Gasteiger partial charge in [0, 0.05) is 11.5 Å². The first-order valence-electron chi connectivity index (χ1n) is 8.20. The van der Waals surface area contributed by atoms with Gasteiger partial charge in [-0.05, 0) is 35.8 Å². The molecular weight excluding hydrogens is 254 g/mol. The molecule has 0 amide bonds. The zero-order valence-corrected chi connectivity index (χ0v) is 12.4. The quantitative estimate of drug-likeness (QED) is 0.887. The van der Waals surface area contributed by atoms with E-state index in [0.29, 0.717) is 5.92 Å². The van der Waals surface area contributed by atoms with Crippen LogP contribution < -0.4 is 5.73 Å². The molecule has 0 bridgehead atoms. The number of fused-ring (bicyclic) bond motifs is 1. The molecule has 0 heterocycles. The fourth-order valence-electron chi connectivity index (χ4n) is 4.71. The minimum atomic E-state index is -0.0286. The van der Waals surface area contributed by atoms with Crippen LogP contribution in [0.25, 0.3) is 0 Å². The van der Waals surface area contributed by atoms with Gasteiger partial charge in [-0.15, -0.1) is 0 Å². The molecule has 0 aromatic heterocycles. The first-order chi connectivity index (χ1) is 10.3. The van der Waals surface area contributed by atoms with Crippen molar-refractivity contribution in [3.63, 3.8) is 0 Å². The molecule has 2 atom stereocenters. The lowest BCUT2D eigenvalue weighted by Crippen LogP contribution is -2.35. The average molecular weight is 277 g/mol. The van der Waals surface area contributed by atoms with Gasteiger partial charge >= 0.3 is 0 Å². The van der Waals surface area contributed by atoms with Crippen LogP contribution in [0.2, 0.25) is 0 Å². The standard InChI is InChI=1S/C20H23N/c21-20(17-13-7-8-14-18(17)20)19(15-9-3-1-4-10-15)16-11-5-2-6-12-16/h1-6,9-12,17-19H,7-8,13-14,21H2. The van der Waals surface area contributed by atoms with Crippen LogP contribution in [0.15, 0.2) is 60.7 Å². The van der Waals surface area contributed by atoms with Crippen molar-refractivity contribution >= 4 is 0 Å². The van der Waals surface area contributed by atoms with E-state index in [1.807, 2.05) is 0 Å². The van der Waals surface area contributed by atoms with E-state index < -0.39 is 0 Å². The summed E-state index contributed by atoms with van der Waals surface area (Å²) in [5.74, 6) is 1.78. The number of nitrogens with two attached hydrogens (primary N) is 1. The normalized spacial score (nSPS) is 31.0. The summed E-state index contributed by atoms with van der Waals surface area (Å²) in [5.41, 5.74) is 9.73. The van der Waals surface area contributed by atoms with Gasteiger partial charge < -0.3 is 5.73 Å². The van der Waals surface area contributed by atoms with Gasteiger partial charge in [0.15, 0.2) is 0 Å². The van der Waals surface area contributed by atoms with Gasteiger partial charge in [-0.3, -0.25) is 0 Å². The van der Waals surface area contributed by atoms with Crippen molar-refractivity contribution in [3.8, 4) is 0 Å². The summed E-state index contributed by atoms with van der Waals surface area (Å²) in [6, 6.07) is 21.7. The van der Waals surface area contributed by atoms with Crippen LogP contribution in [0.4, 0.5) is 0 Å². The van der Waals surface area contributed by atoms with Gasteiger partial charge in [-0.2, -0.15) is 0 Å². The Kier molecular flexibility index (Phi) is 3.11. The molecule has 0 radical (unpaired) electrons. The minimum absolute atomic E-state index is 0.0286. The van der Waals surface area contributed by atoms with Crippen LogP contribution in [0.1, 0.15) is 42.7 Å². The first-order valence-corrected chi connectivity index (χ1v) is 8.20. The summed E-state index contributed by atoms with van der Waals surface area (Å²) < 4.78 is 0. The Labute approximate surface area is 127 Å². The lowest BCUT2D eigenvalue weighted by molar-refractivity contribution is 0.480. The van der Waals surface area contributed by atoms with E-state index in [-0.39, 0.29) is 5.54 Å². The van der Waals surface area contributed by atoms with Gasteiger partial charge in [-0.25, -0.2) is 0 Å². The Hall–Kier alpha value is -1.60. The molecule has 2 aromatic carbocycles. The number of hydrogen-bond acceptors (Lipinski definition) is 1. The Balaban J connectivity index is 1.78. The maximum atomic E-state index is 7.00. The predicted molar refractivity (Wildman–Crippen MR) is 87.1 cm³/mol. The molecule has 2 aliphatic rings. The molecule has 2 N–H and O–H groups in total. The summed E-state index contributed by atoms with van der Waals surface area (Å²) in [6.45, 7) is 0. The third kappa shape index (κ3) is 2.03. The molecule has 2 saturated carbocycles. The molecule has 2 aliphatic carbocycles. The van der Waals surface area contributed by atoms with Gasteiger partial charge in [0.25, 0.3) is 0 Å². The highest BCUT2D eigenvalue weighted by atomic mass is 14.9. The molecule has 0 spiro atoms. The maximum Gasteiger partial charge on any atom is 0.0328 e. The summed E-state index contributed by atoms with van der Waals surface area (Å²) in [4.78, 5) is 0. The molecule has 2 fully saturated rings. The van der Waals surface area contributed by atoms with Crippen molar-refractivity contribution in [3.05, 3.63) is 71.8 Å². The zero-order valence-electron chi connectivity index (χ0n) is 12.4. The molecule has 0 aliphatic heterocycles. The van der Waals surface area contributed by atoms with Crippen molar-refractivity contribution in [1.29, 1.82) is 0 Å². The molecule has 108 valence electrons. The molecule has 0 saturated heterocycles. The lowest BCUT2D eigenvalue weighted by atomic mass is 9.81. The summed E-state index contributed by atoms with van der Waals surface area (Å²) >= 11 is 0. The highest BCUT2D eigenvalue weighted by Gasteiger charge is 2.65. The van der Waals surface area contributed by atoms with Crippen LogP contribution in [-0.2, 0) is 0 Å². The minimum Gasteiger partial charge on any atom is -0.324 e. The van der Waals surface area contributed by atoms with Crippen molar-refractivity contribution in [2.24, 2.45) is 17.6 Å². The molecule has 2 aromatic rings. The summed E-state index contributed by atoms with van der Waals surface area (Å²) in [6.07, 6.45) is 5.35. The summed E-state index contributed by atoms with van der Waals surface area (Å²) in [7, 11) is 0. The fourth-order valence-corrected chi connectivity index (χ4v) is 4.71. The Morgan fingerprint density at radius 2 is 1.19 bits per heavy atom. The second kappa shape index (κ2) is 4.99. The van der Waals surface area contributed by atoms with Crippen molar-refractivity contribution in [2.45, 2.75) is 37.1 Å². The van der Waals surface area contributed by atoms with Crippen LogP contribution in [-0.4, -0.2) is 5.54 Å². The fraction of sp³-hybridized carbons (Fsp3) is 0.400. The van der Waals surface area contributed by atoms with E-state index in [2.05, 4.69) is 60.7 Å². The van der Waals surface area contributed by atoms with E-state index in [9.17, 15) is 0 Å².